The number of nitrogens with one attached hydrogen (secondary N) is 1. The smallest absolute Gasteiger partial charge is 0.306 e. The molecule has 1 amide bonds. The van der Waals surface area contributed by atoms with Gasteiger partial charge in [-0.1, -0.05) is 263 Å². The summed E-state index contributed by atoms with van der Waals surface area (Å²) in [6, 6.07) is -0.703. The summed E-state index contributed by atoms with van der Waals surface area (Å²) in [6.45, 7) is 6.52. The second kappa shape index (κ2) is 55.3. The normalized spacial score (nSPS) is 13.2. The summed E-state index contributed by atoms with van der Waals surface area (Å²) < 4.78 is 5.96. The molecule has 0 bridgehead atoms. The molecule has 0 saturated heterocycles. The summed E-state index contributed by atoms with van der Waals surface area (Å²) in [4.78, 5) is 26.3. The number of ether oxygens (including phenoxy) is 1. The van der Waals surface area contributed by atoms with E-state index < -0.39 is 18.2 Å². The fourth-order valence-electron chi connectivity index (χ4n) is 9.42. The number of carbonyl (C=O) groups excluding carboxylic acids is 2. The van der Waals surface area contributed by atoms with Crippen LogP contribution in [0.5, 0.6) is 0 Å². The molecule has 396 valence electrons. The van der Waals surface area contributed by atoms with Gasteiger partial charge in [-0.05, 0) is 77.0 Å². The SMILES string of the molecule is CCCCCCCC/C=C/CCCCCCCC(CC(=O)NC(CO)C(O)CCCCCCCCCCCCCCCCCCC)OC(=O)CCCCCCC/C=C/CCCCCCCCC. The summed E-state index contributed by atoms with van der Waals surface area (Å²) in [7, 11) is 0. The molecule has 0 spiro atoms. The van der Waals surface area contributed by atoms with Gasteiger partial charge in [-0.3, -0.25) is 9.59 Å². The molecule has 0 aliphatic carbocycles. The zero-order valence-corrected chi connectivity index (χ0v) is 45.3. The number of aliphatic hydroxyl groups excluding tert-OH is 2. The van der Waals surface area contributed by atoms with E-state index >= 15 is 0 Å². The van der Waals surface area contributed by atoms with Crippen LogP contribution in [0.4, 0.5) is 0 Å². The molecule has 0 aliphatic rings. The van der Waals surface area contributed by atoms with Crippen LogP contribution >= 0.6 is 0 Å². The van der Waals surface area contributed by atoms with E-state index in [1.165, 1.54) is 218 Å². The lowest BCUT2D eigenvalue weighted by atomic mass is 10.0. The van der Waals surface area contributed by atoms with Crippen LogP contribution in [0.1, 0.15) is 329 Å². The second-order valence-electron chi connectivity index (χ2n) is 20.7. The quantitative estimate of drug-likeness (QED) is 0.0321. The van der Waals surface area contributed by atoms with Crippen molar-refractivity contribution in [2.75, 3.05) is 6.61 Å². The Morgan fingerprint density at radius 2 is 0.716 bits per heavy atom. The summed E-state index contributed by atoms with van der Waals surface area (Å²) in [5.74, 6) is -0.473. The van der Waals surface area contributed by atoms with Gasteiger partial charge in [0.1, 0.15) is 6.10 Å². The molecule has 0 aromatic rings. The Labute approximate surface area is 418 Å². The van der Waals surface area contributed by atoms with E-state index in [4.69, 9.17) is 4.74 Å². The monoisotopic (exact) mass is 944 g/mol. The molecular weight excluding hydrogens is 827 g/mol. The average molecular weight is 945 g/mol. The summed E-state index contributed by atoms with van der Waals surface area (Å²) >= 11 is 0. The first-order chi connectivity index (χ1) is 33.0. The van der Waals surface area contributed by atoms with Crippen molar-refractivity contribution in [2.24, 2.45) is 0 Å². The Morgan fingerprint density at radius 3 is 1.06 bits per heavy atom. The van der Waals surface area contributed by atoms with Crippen molar-refractivity contribution in [1.29, 1.82) is 0 Å². The van der Waals surface area contributed by atoms with Crippen LogP contribution in [0.15, 0.2) is 24.3 Å². The van der Waals surface area contributed by atoms with E-state index in [0.717, 1.165) is 64.2 Å². The fourth-order valence-corrected chi connectivity index (χ4v) is 9.42. The van der Waals surface area contributed by atoms with E-state index in [1.807, 2.05) is 0 Å². The molecule has 3 N–H and O–H groups in total. The summed E-state index contributed by atoms with van der Waals surface area (Å²) in [5, 5.41) is 23.9. The first-order valence-electron chi connectivity index (χ1n) is 30.1. The number of amides is 1. The van der Waals surface area contributed by atoms with Gasteiger partial charge in [0.25, 0.3) is 0 Å². The van der Waals surface area contributed by atoms with E-state index in [-0.39, 0.29) is 24.9 Å². The maximum absolute atomic E-state index is 13.3. The minimum absolute atomic E-state index is 0.0734. The van der Waals surface area contributed by atoms with Gasteiger partial charge in [0.05, 0.1) is 25.2 Å². The molecular formula is C61H117NO5. The molecule has 0 aliphatic heterocycles. The molecule has 6 heteroatoms. The number of hydrogen-bond acceptors (Lipinski definition) is 5. The molecule has 0 saturated carbocycles. The molecule has 0 aromatic heterocycles. The van der Waals surface area contributed by atoms with E-state index in [9.17, 15) is 19.8 Å². The van der Waals surface area contributed by atoms with Gasteiger partial charge < -0.3 is 20.3 Å². The van der Waals surface area contributed by atoms with Crippen molar-refractivity contribution < 1.29 is 24.5 Å². The largest absolute Gasteiger partial charge is 0.462 e. The number of unbranched alkanes of at least 4 members (excludes halogenated alkanes) is 39. The van der Waals surface area contributed by atoms with Crippen molar-refractivity contribution in [3.63, 3.8) is 0 Å². The Morgan fingerprint density at radius 1 is 0.418 bits per heavy atom. The van der Waals surface area contributed by atoms with E-state index in [2.05, 4.69) is 50.4 Å². The predicted octanol–water partition coefficient (Wildman–Crippen LogP) is 18.6. The third-order valence-electron chi connectivity index (χ3n) is 14.0. The number of allylic oxidation sites excluding steroid dienone is 4. The lowest BCUT2D eigenvalue weighted by molar-refractivity contribution is -0.151. The Hall–Kier alpha value is -1.66. The minimum Gasteiger partial charge on any atom is -0.462 e. The highest BCUT2D eigenvalue weighted by molar-refractivity contribution is 5.77. The van der Waals surface area contributed by atoms with E-state index in [0.29, 0.717) is 19.3 Å². The van der Waals surface area contributed by atoms with Crippen molar-refractivity contribution >= 4 is 11.9 Å². The molecule has 67 heavy (non-hydrogen) atoms. The van der Waals surface area contributed by atoms with Gasteiger partial charge >= 0.3 is 5.97 Å². The lowest BCUT2D eigenvalue weighted by Gasteiger charge is -2.24. The van der Waals surface area contributed by atoms with Crippen LogP contribution in [0.2, 0.25) is 0 Å². The highest BCUT2D eigenvalue weighted by Gasteiger charge is 2.24. The molecule has 6 nitrogen and oxygen atoms in total. The van der Waals surface area contributed by atoms with Gasteiger partial charge in [0, 0.05) is 6.42 Å². The molecule has 0 radical (unpaired) electrons. The molecule has 0 aromatic carbocycles. The minimum atomic E-state index is -0.789. The Balaban J connectivity index is 4.52. The van der Waals surface area contributed by atoms with Crippen molar-refractivity contribution in [3.05, 3.63) is 24.3 Å². The van der Waals surface area contributed by atoms with Crippen LogP contribution in [-0.4, -0.2) is 46.9 Å². The van der Waals surface area contributed by atoms with Crippen molar-refractivity contribution in [1.82, 2.24) is 5.32 Å². The number of rotatable bonds is 55. The highest BCUT2D eigenvalue weighted by Crippen LogP contribution is 2.19. The third-order valence-corrected chi connectivity index (χ3v) is 14.0. The maximum Gasteiger partial charge on any atom is 0.306 e. The van der Waals surface area contributed by atoms with Crippen molar-refractivity contribution in [3.8, 4) is 0 Å². The standard InChI is InChI=1S/C61H117NO5/c1-4-7-10-13-16-19-22-25-28-30-32-35-38-41-44-47-50-53-59(64)58(56-63)62-60(65)55-57(52-49-46-43-40-37-34-31-27-24-21-18-15-12-9-6-3)67-61(66)54-51-48-45-42-39-36-33-29-26-23-20-17-14-11-8-5-2/h27,29,31,33,57-59,63-64H,4-26,28,30,32,34-56H2,1-3H3,(H,62,65)/b31-27+,33-29+. The van der Waals surface area contributed by atoms with E-state index in [1.54, 1.807) is 0 Å². The summed E-state index contributed by atoms with van der Waals surface area (Å²) in [6.07, 6.45) is 65.3. The van der Waals surface area contributed by atoms with Crippen LogP contribution in [0, 0.1) is 0 Å². The topological polar surface area (TPSA) is 95.9 Å². The molecule has 3 unspecified atom stereocenters. The van der Waals surface area contributed by atoms with Crippen LogP contribution in [-0.2, 0) is 14.3 Å². The fraction of sp³-hybridized carbons (Fsp3) is 0.902. The second-order valence-corrected chi connectivity index (χ2v) is 20.7. The first kappa shape index (κ1) is 65.3. The van der Waals surface area contributed by atoms with Gasteiger partial charge in [-0.15, -0.1) is 0 Å². The molecule has 3 atom stereocenters. The third kappa shape index (κ3) is 50.5. The Kier molecular flexibility index (Phi) is 53.9. The molecule has 0 rings (SSSR count). The zero-order chi connectivity index (χ0) is 48.8. The Bertz CT molecular complexity index is 1060. The average Bonchev–Trinajstić information content (AvgIpc) is 3.32. The number of aliphatic hydroxyl groups is 2. The van der Waals surface area contributed by atoms with Gasteiger partial charge in [0.2, 0.25) is 5.91 Å². The van der Waals surface area contributed by atoms with Gasteiger partial charge in [-0.25, -0.2) is 0 Å². The maximum atomic E-state index is 13.3. The van der Waals surface area contributed by atoms with Crippen LogP contribution in [0.3, 0.4) is 0 Å². The lowest BCUT2D eigenvalue weighted by Crippen LogP contribution is -2.46. The van der Waals surface area contributed by atoms with Crippen LogP contribution in [0.25, 0.3) is 0 Å². The molecule has 0 heterocycles. The number of hydrogen-bond donors (Lipinski definition) is 3. The highest BCUT2D eigenvalue weighted by atomic mass is 16.5. The first-order valence-corrected chi connectivity index (χ1v) is 30.1. The van der Waals surface area contributed by atoms with Crippen LogP contribution < -0.4 is 5.32 Å². The number of carbonyl (C=O) groups is 2. The number of esters is 1. The molecule has 0 fully saturated rings. The van der Waals surface area contributed by atoms with Gasteiger partial charge in [0.15, 0.2) is 0 Å². The van der Waals surface area contributed by atoms with Crippen molar-refractivity contribution in [2.45, 2.75) is 347 Å². The van der Waals surface area contributed by atoms with Gasteiger partial charge in [-0.2, -0.15) is 0 Å². The summed E-state index contributed by atoms with van der Waals surface area (Å²) in [5.41, 5.74) is 0. The zero-order valence-electron chi connectivity index (χ0n) is 45.3. The predicted molar refractivity (Wildman–Crippen MR) is 292 cm³/mol.